The molecule has 0 bridgehead atoms. The van der Waals surface area contributed by atoms with Crippen molar-refractivity contribution in [1.82, 2.24) is 13.9 Å². The second kappa shape index (κ2) is 9.85. The van der Waals surface area contributed by atoms with Crippen molar-refractivity contribution in [3.05, 3.63) is 75.1 Å². The second-order valence-corrected chi connectivity index (χ2v) is 12.3. The van der Waals surface area contributed by atoms with Gasteiger partial charge in [0.2, 0.25) is 0 Å². The minimum Gasteiger partial charge on any atom is -0.367 e. The molecule has 0 spiro atoms. The van der Waals surface area contributed by atoms with Crippen LogP contribution in [0.3, 0.4) is 0 Å². The van der Waals surface area contributed by atoms with Crippen molar-refractivity contribution in [3.63, 3.8) is 0 Å². The van der Waals surface area contributed by atoms with Crippen molar-refractivity contribution >= 4 is 42.7 Å². The number of hydroxylamine groups is 2. The van der Waals surface area contributed by atoms with Crippen molar-refractivity contribution in [3.8, 4) is 0 Å². The molecule has 1 aromatic heterocycles. The zero-order chi connectivity index (χ0) is 25.4. The molecule has 0 atom stereocenters. The summed E-state index contributed by atoms with van der Waals surface area (Å²) in [4.78, 5) is 33.1. The number of hydrogen-bond donors (Lipinski definition) is 0. The van der Waals surface area contributed by atoms with Crippen LogP contribution in [0.4, 0.5) is 0 Å². The normalized spacial score (nSPS) is 15.9. The molecule has 0 amide bonds. The van der Waals surface area contributed by atoms with Gasteiger partial charge in [0.1, 0.15) is 0 Å². The number of fused-ring (bicyclic) bond motifs is 1. The van der Waals surface area contributed by atoms with Gasteiger partial charge in [-0.1, -0.05) is 34.1 Å². The topological polar surface area (TPSA) is 88.9 Å². The summed E-state index contributed by atoms with van der Waals surface area (Å²) >= 11 is 3.46. The highest BCUT2D eigenvalue weighted by atomic mass is 79.9. The molecular formula is C25H28BrN3O5S. The molecule has 0 saturated carbocycles. The van der Waals surface area contributed by atoms with Gasteiger partial charge >= 0.3 is 5.97 Å². The fourth-order valence-electron chi connectivity index (χ4n) is 3.84. The quantitative estimate of drug-likeness (QED) is 0.470. The molecule has 186 valence electrons. The first-order valence-electron chi connectivity index (χ1n) is 11.3. The molecule has 3 aromatic rings. The Morgan fingerprint density at radius 1 is 1.00 bits per heavy atom. The molecule has 2 heterocycles. The summed E-state index contributed by atoms with van der Waals surface area (Å²) < 4.78 is 28.3. The summed E-state index contributed by atoms with van der Waals surface area (Å²) in [5, 5.41) is 2.70. The third-order valence-electron chi connectivity index (χ3n) is 5.88. The number of rotatable bonds is 5. The molecule has 0 unspecified atom stereocenters. The number of carbonyl (C=O) groups excluding carboxylic acids is 1. The average molecular weight is 562 g/mol. The first-order chi connectivity index (χ1) is 16.5. The maximum atomic E-state index is 13.3. The van der Waals surface area contributed by atoms with E-state index in [0.717, 1.165) is 14.0 Å². The van der Waals surface area contributed by atoms with Gasteiger partial charge in [0.15, 0.2) is 0 Å². The highest BCUT2D eigenvalue weighted by Gasteiger charge is 2.28. The highest BCUT2D eigenvalue weighted by Crippen LogP contribution is 2.24. The molecule has 8 nitrogen and oxygen atoms in total. The summed E-state index contributed by atoms with van der Waals surface area (Å²) in [5.41, 5.74) is -0.443. The summed E-state index contributed by atoms with van der Waals surface area (Å²) in [5.74, 6) is -0.278. The number of aromatic nitrogens is 1. The fraction of sp³-hybridized carbons (Fsp3) is 0.360. The summed E-state index contributed by atoms with van der Waals surface area (Å²) in [7, 11) is -4.06. The molecule has 1 saturated heterocycles. The molecule has 10 heteroatoms. The van der Waals surface area contributed by atoms with Crippen molar-refractivity contribution in [2.24, 2.45) is 5.41 Å². The van der Waals surface area contributed by atoms with Gasteiger partial charge in [-0.15, -0.1) is 5.06 Å². The molecule has 4 rings (SSSR count). The minimum absolute atomic E-state index is 0.0544. The molecule has 0 radical (unpaired) electrons. The Morgan fingerprint density at radius 3 is 2.29 bits per heavy atom. The lowest BCUT2D eigenvalue weighted by Gasteiger charge is -2.34. The van der Waals surface area contributed by atoms with Crippen LogP contribution in [0.1, 0.15) is 26.3 Å². The lowest BCUT2D eigenvalue weighted by Crippen LogP contribution is -2.47. The third-order valence-corrected chi connectivity index (χ3v) is 8.03. The summed E-state index contributed by atoms with van der Waals surface area (Å²) in [6, 6.07) is 13.2. The summed E-state index contributed by atoms with van der Waals surface area (Å²) in [6.45, 7) is 8.19. The molecule has 1 fully saturated rings. The van der Waals surface area contributed by atoms with E-state index < -0.39 is 21.0 Å². The first kappa shape index (κ1) is 25.6. The van der Waals surface area contributed by atoms with E-state index in [9.17, 15) is 18.0 Å². The van der Waals surface area contributed by atoms with Crippen LogP contribution in [-0.4, -0.2) is 54.5 Å². The Labute approximate surface area is 213 Å². The SMILES string of the molecule is CC(C)(C)C(=O)ON1CCN(Cc2cn(S(=O)(=O)c3ccccc3)c(=O)c3ccc(Br)cc23)CC1. The van der Waals surface area contributed by atoms with E-state index in [0.29, 0.717) is 43.5 Å². The molecule has 0 aliphatic carbocycles. The predicted molar refractivity (Wildman–Crippen MR) is 137 cm³/mol. The standard InChI is InChI=1S/C25H28BrN3O5S/c1-25(2,3)24(31)34-28-13-11-27(12-14-28)16-18-17-29(35(32,33)20-7-5-4-6-8-20)23(30)21-10-9-19(26)15-22(18)21/h4-10,15,17H,11-14,16H2,1-3H3. The van der Waals surface area contributed by atoms with Crippen LogP contribution in [0.5, 0.6) is 0 Å². The fourth-order valence-corrected chi connectivity index (χ4v) is 5.51. The Bertz CT molecular complexity index is 1410. The number of pyridine rings is 1. The van der Waals surface area contributed by atoms with Crippen LogP contribution >= 0.6 is 15.9 Å². The van der Waals surface area contributed by atoms with Crippen LogP contribution in [0.2, 0.25) is 0 Å². The van der Waals surface area contributed by atoms with E-state index in [1.807, 2.05) is 26.8 Å². The average Bonchev–Trinajstić information content (AvgIpc) is 2.81. The van der Waals surface area contributed by atoms with E-state index in [1.54, 1.807) is 35.4 Å². The van der Waals surface area contributed by atoms with Crippen LogP contribution in [0, 0.1) is 5.41 Å². The first-order valence-corrected chi connectivity index (χ1v) is 13.5. The monoisotopic (exact) mass is 561 g/mol. The number of halogens is 1. The van der Waals surface area contributed by atoms with Crippen molar-refractivity contribution < 1.29 is 18.0 Å². The van der Waals surface area contributed by atoms with E-state index >= 15 is 0 Å². The number of benzene rings is 2. The third kappa shape index (κ3) is 5.50. The lowest BCUT2D eigenvalue weighted by molar-refractivity contribution is -0.207. The molecular weight excluding hydrogens is 534 g/mol. The van der Waals surface area contributed by atoms with Crippen molar-refractivity contribution in [1.29, 1.82) is 0 Å². The number of nitrogens with zero attached hydrogens (tertiary/aromatic N) is 3. The van der Waals surface area contributed by atoms with Gasteiger partial charge < -0.3 is 4.84 Å². The molecule has 1 aliphatic heterocycles. The Kier molecular flexibility index (Phi) is 7.19. The smallest absolute Gasteiger partial charge is 0.330 e. The second-order valence-electron chi connectivity index (χ2n) is 9.60. The van der Waals surface area contributed by atoms with Gasteiger partial charge in [0.05, 0.1) is 10.3 Å². The van der Waals surface area contributed by atoms with Gasteiger partial charge in [0, 0.05) is 48.8 Å². The van der Waals surface area contributed by atoms with Gasteiger partial charge in [0.25, 0.3) is 15.6 Å². The van der Waals surface area contributed by atoms with Crippen molar-refractivity contribution in [2.45, 2.75) is 32.2 Å². The predicted octanol–water partition coefficient (Wildman–Crippen LogP) is 3.62. The minimum atomic E-state index is -4.06. The maximum absolute atomic E-state index is 13.3. The number of carbonyl (C=O) groups is 1. The number of piperazine rings is 1. The van der Waals surface area contributed by atoms with Gasteiger partial charge in [-0.3, -0.25) is 9.69 Å². The van der Waals surface area contributed by atoms with Crippen LogP contribution in [0.15, 0.2) is 68.9 Å². The van der Waals surface area contributed by atoms with Crippen LogP contribution < -0.4 is 5.56 Å². The van der Waals surface area contributed by atoms with Gasteiger partial charge in [-0.2, -0.15) is 0 Å². The summed E-state index contributed by atoms with van der Waals surface area (Å²) in [6.07, 6.45) is 1.44. The molecule has 0 N–H and O–H groups in total. The zero-order valence-corrected chi connectivity index (χ0v) is 22.3. The molecule has 35 heavy (non-hydrogen) atoms. The van der Waals surface area contributed by atoms with E-state index in [2.05, 4.69) is 20.8 Å². The van der Waals surface area contributed by atoms with E-state index in [4.69, 9.17) is 4.84 Å². The van der Waals surface area contributed by atoms with E-state index in [1.165, 1.54) is 18.3 Å². The zero-order valence-electron chi connectivity index (χ0n) is 19.9. The van der Waals surface area contributed by atoms with E-state index in [-0.39, 0.29) is 10.9 Å². The Morgan fingerprint density at radius 2 is 1.66 bits per heavy atom. The largest absolute Gasteiger partial charge is 0.367 e. The Hall–Kier alpha value is -2.53. The van der Waals surface area contributed by atoms with Crippen LogP contribution in [0.25, 0.3) is 10.8 Å². The molecule has 1 aliphatic rings. The van der Waals surface area contributed by atoms with Crippen LogP contribution in [-0.2, 0) is 26.2 Å². The highest BCUT2D eigenvalue weighted by molar-refractivity contribution is 9.10. The lowest BCUT2D eigenvalue weighted by atomic mass is 9.98. The van der Waals surface area contributed by atoms with Crippen molar-refractivity contribution in [2.75, 3.05) is 26.2 Å². The number of hydrogen-bond acceptors (Lipinski definition) is 7. The maximum Gasteiger partial charge on any atom is 0.330 e. The molecule has 2 aromatic carbocycles. The van der Waals surface area contributed by atoms with Gasteiger partial charge in [-0.25, -0.2) is 17.2 Å². The Balaban J connectivity index is 1.64. The van der Waals surface area contributed by atoms with Gasteiger partial charge in [-0.05, 0) is 62.1 Å².